The molecule has 6 nitrogen and oxygen atoms in total. The first-order chi connectivity index (χ1) is 11.4. The fourth-order valence-electron chi connectivity index (χ4n) is 2.65. The molecule has 0 bridgehead atoms. The normalized spacial score (nSPS) is 18.9. The van der Waals surface area contributed by atoms with Crippen LogP contribution in [0.3, 0.4) is 0 Å². The van der Waals surface area contributed by atoms with Gasteiger partial charge in [0.2, 0.25) is 6.41 Å². The molecule has 2 rings (SSSR count). The molecule has 0 N–H and O–H groups in total. The van der Waals surface area contributed by atoms with Crippen LogP contribution in [-0.2, 0) is 25.7 Å². The fraction of sp³-hybridized carbons (Fsp3) is 0.556. The van der Waals surface area contributed by atoms with E-state index in [9.17, 15) is 9.59 Å². The standard InChI is InChI=1S/C18H26N2O4/c1-18(2,3)24-20(14-21)16-10-7-11-19(13-16)23-17(22)12-15-8-5-4-6-9-15/h4-6,8-9,14,16H,7,10-13H2,1-3H3/t16-/m1/s1. The van der Waals surface area contributed by atoms with Gasteiger partial charge < -0.3 is 4.84 Å². The second kappa shape index (κ2) is 8.26. The van der Waals surface area contributed by atoms with Crippen molar-refractivity contribution in [1.82, 2.24) is 10.1 Å². The number of nitrogens with zero attached hydrogens (tertiary/aromatic N) is 2. The Bertz CT molecular complexity index is 542. The molecule has 1 aliphatic heterocycles. The molecule has 1 amide bonds. The van der Waals surface area contributed by atoms with Crippen molar-refractivity contribution in [3.05, 3.63) is 35.9 Å². The minimum absolute atomic E-state index is 0.125. The molecule has 1 aromatic carbocycles. The van der Waals surface area contributed by atoms with Gasteiger partial charge in [-0.25, -0.2) is 9.86 Å². The van der Waals surface area contributed by atoms with Gasteiger partial charge in [-0.15, -0.1) is 5.06 Å². The van der Waals surface area contributed by atoms with Gasteiger partial charge in [-0.3, -0.25) is 9.63 Å². The smallest absolute Gasteiger partial charge is 0.329 e. The summed E-state index contributed by atoms with van der Waals surface area (Å²) < 4.78 is 0. The third-order valence-electron chi connectivity index (χ3n) is 3.62. The molecule has 132 valence electrons. The van der Waals surface area contributed by atoms with Crippen molar-refractivity contribution in [2.24, 2.45) is 0 Å². The molecule has 1 saturated heterocycles. The van der Waals surface area contributed by atoms with Crippen molar-refractivity contribution >= 4 is 12.4 Å². The molecule has 24 heavy (non-hydrogen) atoms. The van der Waals surface area contributed by atoms with Crippen LogP contribution in [0.15, 0.2) is 30.3 Å². The summed E-state index contributed by atoms with van der Waals surface area (Å²) in [6.45, 7) is 6.80. The van der Waals surface area contributed by atoms with Crippen LogP contribution in [0, 0.1) is 0 Å². The molecule has 0 aliphatic carbocycles. The molecule has 0 radical (unpaired) electrons. The molecule has 1 fully saturated rings. The Morgan fingerprint density at radius 1 is 1.33 bits per heavy atom. The highest BCUT2D eigenvalue weighted by Gasteiger charge is 2.30. The number of hydrogen-bond donors (Lipinski definition) is 0. The van der Waals surface area contributed by atoms with Gasteiger partial charge in [-0.2, -0.15) is 0 Å². The minimum atomic E-state index is -0.451. The topological polar surface area (TPSA) is 59.1 Å². The van der Waals surface area contributed by atoms with Gasteiger partial charge in [0, 0.05) is 6.54 Å². The molecule has 1 aromatic rings. The molecule has 1 aliphatic rings. The van der Waals surface area contributed by atoms with E-state index in [1.165, 1.54) is 5.06 Å². The Morgan fingerprint density at radius 3 is 2.67 bits per heavy atom. The number of hydroxylamine groups is 4. The number of piperidine rings is 1. The summed E-state index contributed by atoms with van der Waals surface area (Å²) in [4.78, 5) is 34.5. The average Bonchev–Trinajstić information content (AvgIpc) is 2.53. The zero-order valence-corrected chi connectivity index (χ0v) is 14.6. The predicted octanol–water partition coefficient (Wildman–Crippen LogP) is 2.34. The van der Waals surface area contributed by atoms with Crippen LogP contribution < -0.4 is 0 Å². The quantitative estimate of drug-likeness (QED) is 0.590. The largest absolute Gasteiger partial charge is 0.368 e. The molecular weight excluding hydrogens is 308 g/mol. The van der Waals surface area contributed by atoms with E-state index >= 15 is 0 Å². The van der Waals surface area contributed by atoms with Gasteiger partial charge >= 0.3 is 5.97 Å². The number of benzene rings is 1. The first-order valence-electron chi connectivity index (χ1n) is 8.30. The van der Waals surface area contributed by atoms with Gasteiger partial charge in [0.15, 0.2) is 0 Å². The maximum Gasteiger partial charge on any atom is 0.329 e. The number of hydrogen-bond acceptors (Lipinski definition) is 5. The molecule has 1 heterocycles. The third-order valence-corrected chi connectivity index (χ3v) is 3.62. The SMILES string of the molecule is CC(C)(C)ON(C=O)[C@@H]1CCCN(OC(=O)Cc2ccccc2)C1. The van der Waals surface area contributed by atoms with Crippen molar-refractivity contribution in [2.75, 3.05) is 13.1 Å². The molecule has 1 atom stereocenters. The molecule has 0 spiro atoms. The zero-order chi connectivity index (χ0) is 17.6. The highest BCUT2D eigenvalue weighted by atomic mass is 16.7. The van der Waals surface area contributed by atoms with Crippen LogP contribution >= 0.6 is 0 Å². The van der Waals surface area contributed by atoms with Crippen LogP contribution in [0.5, 0.6) is 0 Å². The maximum absolute atomic E-state index is 12.1. The lowest BCUT2D eigenvalue weighted by Crippen LogP contribution is -2.50. The molecule has 0 saturated carbocycles. The van der Waals surface area contributed by atoms with E-state index in [4.69, 9.17) is 9.68 Å². The number of carbonyl (C=O) groups is 2. The first-order valence-corrected chi connectivity index (χ1v) is 8.30. The van der Waals surface area contributed by atoms with Crippen LogP contribution in [0.25, 0.3) is 0 Å². The molecule has 0 unspecified atom stereocenters. The van der Waals surface area contributed by atoms with E-state index in [2.05, 4.69) is 0 Å². The summed E-state index contributed by atoms with van der Waals surface area (Å²) in [5.41, 5.74) is 0.467. The molecular formula is C18H26N2O4. The van der Waals surface area contributed by atoms with Crippen LogP contribution in [-0.4, -0.2) is 47.2 Å². The van der Waals surface area contributed by atoms with Gasteiger partial charge in [0.1, 0.15) is 0 Å². The Labute approximate surface area is 143 Å². The van der Waals surface area contributed by atoms with E-state index in [0.717, 1.165) is 18.4 Å². The third kappa shape index (κ3) is 5.94. The van der Waals surface area contributed by atoms with E-state index in [-0.39, 0.29) is 18.4 Å². The Hall–Kier alpha value is -1.92. The van der Waals surface area contributed by atoms with Crippen LogP contribution in [0.4, 0.5) is 0 Å². The Kier molecular flexibility index (Phi) is 6.34. The summed E-state index contributed by atoms with van der Waals surface area (Å²) in [5.74, 6) is -0.295. The van der Waals surface area contributed by atoms with Crippen molar-refractivity contribution in [1.29, 1.82) is 0 Å². The predicted molar refractivity (Wildman–Crippen MR) is 89.6 cm³/mol. The van der Waals surface area contributed by atoms with E-state index < -0.39 is 5.60 Å². The highest BCUT2D eigenvalue weighted by molar-refractivity contribution is 5.72. The van der Waals surface area contributed by atoms with E-state index in [0.29, 0.717) is 19.5 Å². The van der Waals surface area contributed by atoms with Crippen molar-refractivity contribution in [3.8, 4) is 0 Å². The maximum atomic E-state index is 12.1. The number of carbonyl (C=O) groups excluding carboxylic acids is 2. The molecule has 6 heteroatoms. The first kappa shape index (κ1) is 18.4. The monoisotopic (exact) mass is 334 g/mol. The Morgan fingerprint density at radius 2 is 2.04 bits per heavy atom. The Balaban J connectivity index is 1.88. The number of rotatable bonds is 6. The van der Waals surface area contributed by atoms with E-state index in [1.54, 1.807) is 5.06 Å². The van der Waals surface area contributed by atoms with Gasteiger partial charge in [0.05, 0.1) is 24.6 Å². The summed E-state index contributed by atoms with van der Waals surface area (Å²) in [6, 6.07) is 9.36. The highest BCUT2D eigenvalue weighted by Crippen LogP contribution is 2.19. The van der Waals surface area contributed by atoms with Crippen molar-refractivity contribution in [3.63, 3.8) is 0 Å². The van der Waals surface area contributed by atoms with Crippen molar-refractivity contribution < 1.29 is 19.3 Å². The fourth-order valence-corrected chi connectivity index (χ4v) is 2.65. The van der Waals surface area contributed by atoms with Gasteiger partial charge in [-0.05, 0) is 39.2 Å². The lowest BCUT2D eigenvalue weighted by molar-refractivity contribution is -0.252. The second-order valence-corrected chi connectivity index (χ2v) is 6.98. The van der Waals surface area contributed by atoms with Crippen LogP contribution in [0.2, 0.25) is 0 Å². The van der Waals surface area contributed by atoms with Crippen LogP contribution in [0.1, 0.15) is 39.2 Å². The summed E-state index contributed by atoms with van der Waals surface area (Å²) in [6.07, 6.45) is 2.59. The number of amides is 1. The van der Waals surface area contributed by atoms with E-state index in [1.807, 2.05) is 51.1 Å². The summed E-state index contributed by atoms with van der Waals surface area (Å²) >= 11 is 0. The second-order valence-electron chi connectivity index (χ2n) is 6.98. The van der Waals surface area contributed by atoms with Gasteiger partial charge in [0.25, 0.3) is 0 Å². The van der Waals surface area contributed by atoms with Crippen molar-refractivity contribution in [2.45, 2.75) is 51.7 Å². The lowest BCUT2D eigenvalue weighted by Gasteiger charge is -2.38. The summed E-state index contributed by atoms with van der Waals surface area (Å²) in [7, 11) is 0. The average molecular weight is 334 g/mol. The zero-order valence-electron chi connectivity index (χ0n) is 14.6. The minimum Gasteiger partial charge on any atom is -0.368 e. The summed E-state index contributed by atoms with van der Waals surface area (Å²) in [5, 5.41) is 2.97. The molecule has 0 aromatic heterocycles. The lowest BCUT2D eigenvalue weighted by atomic mass is 10.1. The van der Waals surface area contributed by atoms with Gasteiger partial charge in [-0.1, -0.05) is 30.3 Å².